The van der Waals surface area contributed by atoms with Gasteiger partial charge in [-0.25, -0.2) is 0 Å². The monoisotopic (exact) mass is 1140 g/mol. The van der Waals surface area contributed by atoms with Gasteiger partial charge in [0.05, 0.1) is 44.5 Å². The van der Waals surface area contributed by atoms with Crippen molar-refractivity contribution in [3.8, 4) is 0 Å². The number of aromatic nitrogens is 1. The van der Waals surface area contributed by atoms with Gasteiger partial charge in [0.25, 0.3) is 0 Å². The maximum absolute atomic E-state index is 14.2. The van der Waals surface area contributed by atoms with E-state index in [-0.39, 0.29) is 6.42 Å². The standard InChI is InChI=1S/C32H12BF24.C18H15NO2/c34-25(35,36)13-1-14(26(37,38)39)6-21(5-13)33(22-7-15(27(40,41)42)2-16(8-22)28(43,44)45,23-9-17(29(46,47)48)3-18(10-23)30(49,50)51)24-11-19(31(52,53)54)4-20(12-24)32(55,56)57;20-18(21)12-17-16-9-5-4-8-15(16)10-11-19(17)13-14-6-2-1-3-7-14/h1-12H;1-11H,12-13H2/q-1;/p+1. The van der Waals surface area contributed by atoms with Crippen molar-refractivity contribution < 1.29 is 120 Å². The molecule has 0 spiro atoms. The minimum absolute atomic E-state index is 0.0220. The van der Waals surface area contributed by atoms with Gasteiger partial charge in [-0.3, -0.25) is 4.79 Å². The van der Waals surface area contributed by atoms with Crippen LogP contribution in [0.2, 0.25) is 0 Å². The molecule has 3 nitrogen and oxygen atoms in total. The Balaban J connectivity index is 0.000000387. The second-order valence-corrected chi connectivity index (χ2v) is 17.3. The highest BCUT2D eigenvalue weighted by Gasteiger charge is 2.47. The number of alkyl halides is 24. The van der Waals surface area contributed by atoms with Crippen LogP contribution in [0.25, 0.3) is 10.8 Å². The van der Waals surface area contributed by atoms with Crippen LogP contribution >= 0.6 is 0 Å². The van der Waals surface area contributed by atoms with Gasteiger partial charge >= 0.3 is 55.4 Å². The number of carboxylic acid groups (broad SMARTS) is 1. The quantitative estimate of drug-likeness (QED) is 0.0936. The van der Waals surface area contributed by atoms with E-state index in [0.717, 1.165) is 22.0 Å². The van der Waals surface area contributed by atoms with E-state index in [2.05, 4.69) is 0 Å². The Hall–Kier alpha value is -7.42. The van der Waals surface area contributed by atoms with E-state index in [1.165, 1.54) is 0 Å². The summed E-state index contributed by atoms with van der Waals surface area (Å²) in [4.78, 5) is 11.2. The number of rotatable bonds is 8. The van der Waals surface area contributed by atoms with Gasteiger partial charge in [-0.1, -0.05) is 97.1 Å². The molecule has 28 heteroatoms. The van der Waals surface area contributed by atoms with Crippen LogP contribution in [0.4, 0.5) is 105 Å². The predicted octanol–water partition coefficient (Wildman–Crippen LogP) is 14.0. The molecule has 0 radical (unpaired) electrons. The SMILES string of the molecule is FC(F)(F)c1cc([B-](c2cc(C(F)(F)F)cc(C(F)(F)F)c2)(c2cc(C(F)(F)F)cc(C(F)(F)F)c2)c2cc(C(F)(F)F)cc(C(F)(F)F)c2)cc(C(F)(F)F)c1.O=C(O)Cc1c2ccccc2cc[n+]1Cc1ccccc1. The van der Waals surface area contributed by atoms with Gasteiger partial charge < -0.3 is 5.11 Å². The molecule has 1 N–H and O–H groups in total. The number of carboxylic acids is 1. The van der Waals surface area contributed by atoms with Crippen molar-refractivity contribution in [3.63, 3.8) is 0 Å². The van der Waals surface area contributed by atoms with E-state index in [9.17, 15) is 115 Å². The largest absolute Gasteiger partial charge is 0.481 e. The van der Waals surface area contributed by atoms with Crippen molar-refractivity contribution in [1.29, 1.82) is 0 Å². The van der Waals surface area contributed by atoms with E-state index < -0.39 is 201 Å². The molecule has 6 aromatic carbocycles. The lowest BCUT2D eigenvalue weighted by Crippen LogP contribution is -2.75. The van der Waals surface area contributed by atoms with Crippen LogP contribution in [0.3, 0.4) is 0 Å². The molecule has 0 unspecified atom stereocenters. The summed E-state index contributed by atoms with van der Waals surface area (Å²) in [5.74, 6) is -0.812. The zero-order chi connectivity index (χ0) is 58.6. The molecule has 416 valence electrons. The van der Waals surface area contributed by atoms with E-state index in [1.54, 1.807) is 0 Å². The zero-order valence-corrected chi connectivity index (χ0v) is 38.1. The van der Waals surface area contributed by atoms with E-state index in [0.29, 0.717) is 6.54 Å². The van der Waals surface area contributed by atoms with Crippen LogP contribution in [-0.2, 0) is 67.2 Å². The third-order valence-electron chi connectivity index (χ3n) is 12.0. The first kappa shape index (κ1) is 59.8. The van der Waals surface area contributed by atoms with Crippen LogP contribution in [0.1, 0.15) is 55.8 Å². The van der Waals surface area contributed by atoms with Gasteiger partial charge in [-0.2, -0.15) is 132 Å². The molecule has 0 aliphatic rings. The highest BCUT2D eigenvalue weighted by Crippen LogP contribution is 2.41. The van der Waals surface area contributed by atoms with Crippen molar-refractivity contribution in [2.75, 3.05) is 0 Å². The number of hydrogen-bond donors (Lipinski definition) is 1. The molecule has 0 saturated carbocycles. The van der Waals surface area contributed by atoms with Crippen molar-refractivity contribution >= 4 is 44.7 Å². The third-order valence-corrected chi connectivity index (χ3v) is 12.0. The van der Waals surface area contributed by atoms with Crippen LogP contribution in [0.5, 0.6) is 0 Å². The van der Waals surface area contributed by atoms with Crippen molar-refractivity contribution in [2.24, 2.45) is 0 Å². The lowest BCUT2D eigenvalue weighted by atomic mass is 9.12. The molecular formula is C50H28BF24NO2. The fourth-order valence-electron chi connectivity index (χ4n) is 8.66. The molecule has 1 heterocycles. The molecule has 0 aliphatic carbocycles. The molecule has 0 amide bonds. The summed E-state index contributed by atoms with van der Waals surface area (Å²) in [5, 5.41) is 11.3. The van der Waals surface area contributed by atoms with Gasteiger partial charge in [0, 0.05) is 17.0 Å². The molecule has 0 fully saturated rings. The number of carbonyl (C=O) groups is 1. The first-order valence-electron chi connectivity index (χ1n) is 21.5. The van der Waals surface area contributed by atoms with Crippen LogP contribution < -0.4 is 26.4 Å². The Kier molecular flexibility index (Phi) is 15.9. The lowest BCUT2D eigenvalue weighted by Gasteiger charge is -2.46. The lowest BCUT2D eigenvalue weighted by molar-refractivity contribution is -0.693. The Bertz CT molecular complexity index is 2890. The zero-order valence-electron chi connectivity index (χ0n) is 38.1. The summed E-state index contributed by atoms with van der Waals surface area (Å²) in [7, 11) is 0. The third kappa shape index (κ3) is 13.5. The Morgan fingerprint density at radius 1 is 0.372 bits per heavy atom. The number of hydrogen-bond acceptors (Lipinski definition) is 1. The van der Waals surface area contributed by atoms with Crippen LogP contribution in [0, 0.1) is 0 Å². The molecule has 0 bridgehead atoms. The summed E-state index contributed by atoms with van der Waals surface area (Å²) < 4.78 is 343. The average molecular weight is 1140 g/mol. The molecule has 1 aromatic heterocycles. The topological polar surface area (TPSA) is 41.2 Å². The molecule has 0 saturated heterocycles. The maximum Gasteiger partial charge on any atom is 0.416 e. The first-order chi connectivity index (χ1) is 35.5. The molecular weight excluding hydrogens is 1110 g/mol. The van der Waals surface area contributed by atoms with Crippen LogP contribution in [0.15, 0.2) is 140 Å². The molecule has 7 rings (SSSR count). The molecule has 0 aliphatic heterocycles. The Morgan fingerprint density at radius 3 is 0.910 bits per heavy atom. The number of fused-ring (bicyclic) bond motifs is 1. The number of halogens is 24. The van der Waals surface area contributed by atoms with E-state index >= 15 is 0 Å². The normalized spacial score (nSPS) is 13.3. The van der Waals surface area contributed by atoms with Crippen molar-refractivity contribution in [1.82, 2.24) is 0 Å². The van der Waals surface area contributed by atoms with Gasteiger partial charge in [0.15, 0.2) is 12.7 Å². The number of aliphatic carboxylic acids is 1. The van der Waals surface area contributed by atoms with Gasteiger partial charge in [-0.05, 0) is 35.7 Å². The fourth-order valence-corrected chi connectivity index (χ4v) is 8.66. The van der Waals surface area contributed by atoms with Crippen molar-refractivity contribution in [3.05, 3.63) is 195 Å². The van der Waals surface area contributed by atoms with Crippen LogP contribution in [-0.4, -0.2) is 17.2 Å². The summed E-state index contributed by atoms with van der Waals surface area (Å²) >= 11 is 0. The summed E-state index contributed by atoms with van der Waals surface area (Å²) in [6.07, 6.45) is -52.8. The Morgan fingerprint density at radius 2 is 0.641 bits per heavy atom. The second kappa shape index (κ2) is 20.8. The highest BCUT2D eigenvalue weighted by atomic mass is 19.4. The average Bonchev–Trinajstić information content (AvgIpc) is 3.34. The smallest absolute Gasteiger partial charge is 0.416 e. The minimum Gasteiger partial charge on any atom is -0.481 e. The van der Waals surface area contributed by atoms with Gasteiger partial charge in [-0.15, -0.1) is 0 Å². The van der Waals surface area contributed by atoms with Gasteiger partial charge in [0.2, 0.25) is 5.69 Å². The Labute approximate surface area is 421 Å². The second-order valence-electron chi connectivity index (χ2n) is 17.3. The van der Waals surface area contributed by atoms with Gasteiger partial charge in [0.1, 0.15) is 12.6 Å². The maximum atomic E-state index is 14.2. The molecule has 78 heavy (non-hydrogen) atoms. The van der Waals surface area contributed by atoms with E-state index in [4.69, 9.17) is 0 Å². The first-order valence-corrected chi connectivity index (χ1v) is 21.5. The van der Waals surface area contributed by atoms with Crippen molar-refractivity contribution in [2.45, 2.75) is 62.4 Å². The van der Waals surface area contributed by atoms with E-state index in [1.807, 2.05) is 71.4 Å². The summed E-state index contributed by atoms with van der Waals surface area (Å²) in [5.41, 5.74) is -28.2. The minimum atomic E-state index is -6.13. The molecule has 0 atom stereocenters. The molecule has 7 aromatic rings. The predicted molar refractivity (Wildman–Crippen MR) is 231 cm³/mol. The number of nitrogens with zero attached hydrogens (tertiary/aromatic N) is 1. The number of benzene rings is 6. The summed E-state index contributed by atoms with van der Waals surface area (Å²) in [6, 6.07) is 11.2. The fraction of sp³-hybridized carbons (Fsp3) is 0.200. The highest BCUT2D eigenvalue weighted by molar-refractivity contribution is 7.20. The summed E-state index contributed by atoms with van der Waals surface area (Å²) in [6.45, 7) is 0.675. The number of pyridine rings is 1.